The summed E-state index contributed by atoms with van der Waals surface area (Å²) in [5.74, 6) is -0.590. The molecule has 106 valence electrons. The van der Waals surface area contributed by atoms with Crippen LogP contribution in [0.2, 0.25) is 0 Å². The summed E-state index contributed by atoms with van der Waals surface area (Å²) in [5.41, 5.74) is 0.186. The number of aromatic amines is 1. The maximum absolute atomic E-state index is 13.2. The Morgan fingerprint density at radius 3 is 2.95 bits per heavy atom. The van der Waals surface area contributed by atoms with Gasteiger partial charge in [-0.3, -0.25) is 14.2 Å². The fraction of sp³-hybridized carbons (Fsp3) is 0.308. The molecule has 0 aliphatic heterocycles. The maximum Gasteiger partial charge on any atom is 0.262 e. The third kappa shape index (κ3) is 3.11. The number of hydrogen-bond acceptors (Lipinski definition) is 3. The lowest BCUT2D eigenvalue weighted by Gasteiger charge is -2.08. The Kier molecular flexibility index (Phi) is 4.29. The van der Waals surface area contributed by atoms with Gasteiger partial charge in [-0.25, -0.2) is 4.39 Å². The quantitative estimate of drug-likeness (QED) is 0.667. The third-order valence-electron chi connectivity index (χ3n) is 2.88. The van der Waals surface area contributed by atoms with Gasteiger partial charge < -0.3 is 10.3 Å². The first kappa shape index (κ1) is 14.4. The van der Waals surface area contributed by atoms with Crippen LogP contribution in [0.15, 0.2) is 23.0 Å². The minimum atomic E-state index is -0.468. The average Bonchev–Trinajstić information content (AvgIpc) is 2.38. The van der Waals surface area contributed by atoms with Gasteiger partial charge in [-0.1, -0.05) is 0 Å². The topological polar surface area (TPSA) is 66.9 Å². The molecule has 2 aromatic rings. The second-order valence-electron chi connectivity index (χ2n) is 4.41. The SMILES string of the molecule is CC(=O)NCCCn1c(=S)[nH]c2ccc(F)cc2c1=O. The lowest BCUT2D eigenvalue weighted by Crippen LogP contribution is -2.26. The molecule has 5 nitrogen and oxygen atoms in total. The number of fused-ring (bicyclic) bond motifs is 1. The number of amides is 1. The number of halogens is 1. The summed E-state index contributed by atoms with van der Waals surface area (Å²) in [4.78, 5) is 25.9. The van der Waals surface area contributed by atoms with Crippen LogP contribution in [0.5, 0.6) is 0 Å². The molecular weight excluding hydrogens is 281 g/mol. The first-order valence-corrected chi connectivity index (χ1v) is 6.56. The monoisotopic (exact) mass is 295 g/mol. The summed E-state index contributed by atoms with van der Waals surface area (Å²) in [6.07, 6.45) is 0.567. The van der Waals surface area contributed by atoms with Crippen molar-refractivity contribution >= 4 is 29.0 Å². The van der Waals surface area contributed by atoms with Crippen LogP contribution in [0.25, 0.3) is 10.9 Å². The van der Waals surface area contributed by atoms with Crippen molar-refractivity contribution in [3.63, 3.8) is 0 Å². The minimum Gasteiger partial charge on any atom is -0.356 e. The summed E-state index contributed by atoms with van der Waals surface area (Å²) in [6.45, 7) is 2.25. The van der Waals surface area contributed by atoms with Crippen LogP contribution in [0.4, 0.5) is 4.39 Å². The van der Waals surface area contributed by atoms with E-state index >= 15 is 0 Å². The number of carbonyl (C=O) groups is 1. The number of rotatable bonds is 4. The molecule has 1 heterocycles. The second kappa shape index (κ2) is 5.96. The van der Waals surface area contributed by atoms with E-state index in [1.807, 2.05) is 0 Å². The molecule has 0 aliphatic rings. The molecule has 0 unspecified atom stereocenters. The summed E-state index contributed by atoms with van der Waals surface area (Å²) in [5, 5.41) is 2.90. The first-order valence-electron chi connectivity index (χ1n) is 6.16. The van der Waals surface area contributed by atoms with E-state index in [4.69, 9.17) is 12.2 Å². The van der Waals surface area contributed by atoms with Crippen LogP contribution in [-0.2, 0) is 11.3 Å². The van der Waals surface area contributed by atoms with Crippen molar-refractivity contribution in [2.24, 2.45) is 0 Å². The molecule has 2 rings (SSSR count). The molecule has 1 amide bonds. The van der Waals surface area contributed by atoms with Crippen LogP contribution in [0.3, 0.4) is 0 Å². The minimum absolute atomic E-state index is 0.122. The predicted molar refractivity (Wildman–Crippen MR) is 76.7 cm³/mol. The molecule has 0 aliphatic carbocycles. The van der Waals surface area contributed by atoms with E-state index in [0.717, 1.165) is 0 Å². The zero-order valence-electron chi connectivity index (χ0n) is 10.9. The van der Waals surface area contributed by atoms with Crippen LogP contribution >= 0.6 is 12.2 Å². The number of H-pyrrole nitrogens is 1. The molecule has 0 saturated carbocycles. The summed E-state index contributed by atoms with van der Waals surface area (Å²) < 4.78 is 14.9. The Morgan fingerprint density at radius 1 is 1.50 bits per heavy atom. The van der Waals surface area contributed by atoms with E-state index in [0.29, 0.717) is 25.0 Å². The molecule has 0 saturated heterocycles. The highest BCUT2D eigenvalue weighted by Gasteiger charge is 2.06. The number of nitrogens with zero attached hydrogens (tertiary/aromatic N) is 1. The molecule has 0 atom stereocenters. The number of benzene rings is 1. The molecule has 0 bridgehead atoms. The standard InChI is InChI=1S/C13H14FN3O2S/c1-8(18)15-5-2-6-17-12(19)10-7-9(14)3-4-11(10)16-13(17)20/h3-4,7H,2,5-6H2,1H3,(H,15,18)(H,16,20). The van der Waals surface area contributed by atoms with E-state index in [1.54, 1.807) is 0 Å². The van der Waals surface area contributed by atoms with Gasteiger partial charge in [-0.2, -0.15) is 0 Å². The van der Waals surface area contributed by atoms with Crippen molar-refractivity contribution in [3.8, 4) is 0 Å². The highest BCUT2D eigenvalue weighted by molar-refractivity contribution is 7.71. The Balaban J connectivity index is 2.31. The summed E-state index contributed by atoms with van der Waals surface area (Å²) in [6, 6.07) is 3.95. The zero-order chi connectivity index (χ0) is 14.7. The maximum atomic E-state index is 13.2. The van der Waals surface area contributed by atoms with E-state index in [-0.39, 0.29) is 21.6 Å². The number of nitrogens with one attached hydrogen (secondary N) is 2. The van der Waals surface area contributed by atoms with E-state index in [9.17, 15) is 14.0 Å². The van der Waals surface area contributed by atoms with E-state index in [2.05, 4.69) is 10.3 Å². The molecule has 20 heavy (non-hydrogen) atoms. The van der Waals surface area contributed by atoms with Crippen molar-refractivity contribution in [2.45, 2.75) is 19.9 Å². The van der Waals surface area contributed by atoms with Gasteiger partial charge in [0.15, 0.2) is 4.77 Å². The zero-order valence-corrected chi connectivity index (χ0v) is 11.7. The van der Waals surface area contributed by atoms with Gasteiger partial charge in [-0.05, 0) is 36.8 Å². The van der Waals surface area contributed by atoms with Crippen molar-refractivity contribution < 1.29 is 9.18 Å². The summed E-state index contributed by atoms with van der Waals surface area (Å²) >= 11 is 5.13. The first-order chi connectivity index (χ1) is 9.49. The average molecular weight is 295 g/mol. The van der Waals surface area contributed by atoms with Crippen molar-refractivity contribution in [3.05, 3.63) is 39.1 Å². The molecule has 1 aromatic heterocycles. The Hall–Kier alpha value is -2.02. The molecule has 7 heteroatoms. The molecule has 0 fully saturated rings. The number of hydrogen-bond donors (Lipinski definition) is 2. The third-order valence-corrected chi connectivity index (χ3v) is 3.20. The predicted octanol–water partition coefficient (Wildman–Crippen LogP) is 1.72. The largest absolute Gasteiger partial charge is 0.356 e. The van der Waals surface area contributed by atoms with E-state index in [1.165, 1.54) is 29.7 Å². The molecule has 0 radical (unpaired) electrons. The summed E-state index contributed by atoms with van der Waals surface area (Å²) in [7, 11) is 0. The van der Waals surface area contributed by atoms with Crippen LogP contribution < -0.4 is 10.9 Å². The van der Waals surface area contributed by atoms with Gasteiger partial charge in [0.2, 0.25) is 5.91 Å². The van der Waals surface area contributed by atoms with Crippen LogP contribution in [0, 0.1) is 10.6 Å². The van der Waals surface area contributed by atoms with Crippen LogP contribution in [0.1, 0.15) is 13.3 Å². The lowest BCUT2D eigenvalue weighted by atomic mass is 10.2. The van der Waals surface area contributed by atoms with Gasteiger partial charge in [0, 0.05) is 20.0 Å². The molecular formula is C13H14FN3O2S. The van der Waals surface area contributed by atoms with E-state index < -0.39 is 5.82 Å². The normalized spacial score (nSPS) is 10.7. The molecule has 0 spiro atoms. The smallest absolute Gasteiger partial charge is 0.262 e. The Bertz CT molecular complexity index is 766. The van der Waals surface area contributed by atoms with Gasteiger partial charge in [-0.15, -0.1) is 0 Å². The molecule has 1 aromatic carbocycles. The molecule has 2 N–H and O–H groups in total. The second-order valence-corrected chi connectivity index (χ2v) is 4.80. The highest BCUT2D eigenvalue weighted by atomic mass is 32.1. The number of carbonyl (C=O) groups excluding carboxylic acids is 1. The van der Waals surface area contributed by atoms with Crippen molar-refractivity contribution in [2.75, 3.05) is 6.54 Å². The lowest BCUT2D eigenvalue weighted by molar-refractivity contribution is -0.118. The fourth-order valence-electron chi connectivity index (χ4n) is 1.93. The number of aromatic nitrogens is 2. The van der Waals surface area contributed by atoms with Gasteiger partial charge in [0.25, 0.3) is 5.56 Å². The van der Waals surface area contributed by atoms with Gasteiger partial charge in [0.1, 0.15) is 5.82 Å². The Labute approximate surface area is 119 Å². The van der Waals surface area contributed by atoms with Crippen molar-refractivity contribution in [1.82, 2.24) is 14.9 Å². The fourth-order valence-corrected chi connectivity index (χ4v) is 2.21. The highest BCUT2D eigenvalue weighted by Crippen LogP contribution is 2.09. The van der Waals surface area contributed by atoms with Gasteiger partial charge >= 0.3 is 0 Å². The van der Waals surface area contributed by atoms with Crippen molar-refractivity contribution in [1.29, 1.82) is 0 Å². The Morgan fingerprint density at radius 2 is 2.25 bits per heavy atom. The van der Waals surface area contributed by atoms with Crippen LogP contribution in [-0.4, -0.2) is 22.0 Å². The van der Waals surface area contributed by atoms with Gasteiger partial charge in [0.05, 0.1) is 10.9 Å².